The molecule has 0 saturated carbocycles. The van der Waals surface area contributed by atoms with Gasteiger partial charge < -0.3 is 19.7 Å². The summed E-state index contributed by atoms with van der Waals surface area (Å²) in [4.78, 5) is 14.6. The molecule has 0 radical (unpaired) electrons. The molecule has 5 nitrogen and oxygen atoms in total. The highest BCUT2D eigenvalue weighted by molar-refractivity contribution is 7.80. The average molecular weight is 367 g/mol. The van der Waals surface area contributed by atoms with Gasteiger partial charge in [-0.25, -0.2) is 0 Å². The van der Waals surface area contributed by atoms with E-state index in [1.54, 1.807) is 4.90 Å². The molecule has 2 aliphatic rings. The van der Waals surface area contributed by atoms with Crippen LogP contribution in [-0.4, -0.2) is 48.7 Å². The smallest absolute Gasteiger partial charge is 0.246 e. The summed E-state index contributed by atoms with van der Waals surface area (Å²) in [6, 6.07) is 5.60. The highest BCUT2D eigenvalue weighted by Gasteiger charge is 2.29. The van der Waals surface area contributed by atoms with E-state index in [1.807, 2.05) is 18.2 Å². The molecule has 2 aliphatic heterocycles. The molecule has 128 valence electrons. The summed E-state index contributed by atoms with van der Waals surface area (Å²) in [5.74, 6) is -0.106. The van der Waals surface area contributed by atoms with Crippen LogP contribution in [-0.2, 0) is 14.3 Å². The van der Waals surface area contributed by atoms with E-state index < -0.39 is 0 Å². The number of carbonyl (C=O) groups is 1. The number of halogens is 1. The minimum Gasteiger partial charge on any atom is -0.377 e. The highest BCUT2D eigenvalue weighted by atomic mass is 35.5. The lowest BCUT2D eigenvalue weighted by atomic mass is 9.99. The van der Waals surface area contributed by atoms with Crippen molar-refractivity contribution < 1.29 is 14.3 Å². The molecular formula is C17H19ClN2O3S. The summed E-state index contributed by atoms with van der Waals surface area (Å²) in [5, 5.41) is 3.75. The zero-order valence-electron chi connectivity index (χ0n) is 13.2. The Balaban J connectivity index is 1.88. The monoisotopic (exact) mass is 366 g/mol. The van der Waals surface area contributed by atoms with E-state index in [0.717, 1.165) is 11.1 Å². The first kappa shape index (κ1) is 17.4. The number of nitrogens with zero attached hydrogens (tertiary/aromatic N) is 1. The van der Waals surface area contributed by atoms with Crippen LogP contribution in [0.15, 0.2) is 30.9 Å². The lowest BCUT2D eigenvalue weighted by Crippen LogP contribution is -2.42. The quantitative estimate of drug-likeness (QED) is 0.657. The lowest BCUT2D eigenvalue weighted by Gasteiger charge is -2.36. The van der Waals surface area contributed by atoms with E-state index in [1.165, 1.54) is 6.08 Å². The van der Waals surface area contributed by atoms with Gasteiger partial charge in [0.15, 0.2) is 0 Å². The number of morpholine rings is 2. The number of amides is 1. The molecule has 1 aromatic rings. The Morgan fingerprint density at radius 3 is 2.92 bits per heavy atom. The summed E-state index contributed by atoms with van der Waals surface area (Å²) in [5.41, 5.74) is 1.90. The molecule has 0 aromatic heterocycles. The van der Waals surface area contributed by atoms with Crippen molar-refractivity contribution in [2.75, 3.05) is 32.9 Å². The summed E-state index contributed by atoms with van der Waals surface area (Å²) in [6.07, 6.45) is 1.21. The number of rotatable bonds is 3. The molecule has 1 N–H and O–H groups in total. The van der Waals surface area contributed by atoms with Crippen molar-refractivity contribution in [2.45, 2.75) is 12.1 Å². The molecule has 2 heterocycles. The molecule has 1 aromatic carbocycles. The Bertz CT molecular complexity index is 657. The first-order valence-corrected chi connectivity index (χ1v) is 8.56. The number of hydrogen-bond donors (Lipinski definition) is 1. The van der Waals surface area contributed by atoms with Crippen LogP contribution >= 0.6 is 23.8 Å². The third-order valence-corrected chi connectivity index (χ3v) is 4.67. The Hall–Kier alpha value is -1.47. The molecule has 2 fully saturated rings. The van der Waals surface area contributed by atoms with E-state index >= 15 is 0 Å². The van der Waals surface area contributed by atoms with Gasteiger partial charge in [0.2, 0.25) is 5.91 Å². The van der Waals surface area contributed by atoms with Crippen molar-refractivity contribution in [3.05, 3.63) is 47.0 Å². The van der Waals surface area contributed by atoms with Gasteiger partial charge in [-0.1, -0.05) is 36.5 Å². The Labute approximate surface area is 151 Å². The third kappa shape index (κ3) is 3.78. The van der Waals surface area contributed by atoms with E-state index in [0.29, 0.717) is 42.9 Å². The molecule has 0 spiro atoms. The largest absolute Gasteiger partial charge is 0.377 e. The van der Waals surface area contributed by atoms with E-state index in [2.05, 4.69) is 11.9 Å². The second kappa shape index (κ2) is 7.61. The second-order valence-electron chi connectivity index (χ2n) is 5.75. The van der Waals surface area contributed by atoms with Crippen LogP contribution in [0, 0.1) is 0 Å². The van der Waals surface area contributed by atoms with Crippen LogP contribution in [0.25, 0.3) is 0 Å². The van der Waals surface area contributed by atoms with Crippen LogP contribution < -0.4 is 5.32 Å². The Kier molecular flexibility index (Phi) is 5.50. The maximum absolute atomic E-state index is 12.1. The number of benzene rings is 1. The van der Waals surface area contributed by atoms with Crippen LogP contribution in [0.5, 0.6) is 0 Å². The summed E-state index contributed by atoms with van der Waals surface area (Å²) >= 11 is 11.4. The lowest BCUT2D eigenvalue weighted by molar-refractivity contribution is -0.134. The Morgan fingerprint density at radius 1 is 1.42 bits per heavy atom. The van der Waals surface area contributed by atoms with E-state index in [9.17, 15) is 4.79 Å². The molecule has 0 unspecified atom stereocenters. The van der Waals surface area contributed by atoms with Gasteiger partial charge in [0.05, 0.1) is 25.9 Å². The number of nitrogens with one attached hydrogen (secondary N) is 1. The van der Waals surface area contributed by atoms with Gasteiger partial charge in [-0.05, 0) is 29.3 Å². The maximum atomic E-state index is 12.1. The predicted octanol–water partition coefficient (Wildman–Crippen LogP) is 2.41. The molecular weight excluding hydrogens is 348 g/mol. The predicted molar refractivity (Wildman–Crippen MR) is 96.2 cm³/mol. The zero-order valence-corrected chi connectivity index (χ0v) is 14.7. The molecule has 24 heavy (non-hydrogen) atoms. The van der Waals surface area contributed by atoms with Gasteiger partial charge in [0, 0.05) is 18.1 Å². The summed E-state index contributed by atoms with van der Waals surface area (Å²) in [6.45, 7) is 6.08. The van der Waals surface area contributed by atoms with Gasteiger partial charge in [-0.2, -0.15) is 0 Å². The summed E-state index contributed by atoms with van der Waals surface area (Å²) < 4.78 is 11.3. The number of hydrogen-bond acceptors (Lipinski definition) is 4. The minimum absolute atomic E-state index is 0.106. The van der Waals surface area contributed by atoms with Crippen LogP contribution in [0.4, 0.5) is 0 Å². The maximum Gasteiger partial charge on any atom is 0.246 e. The first-order chi connectivity index (χ1) is 11.6. The number of ether oxygens (including phenoxy) is 2. The van der Waals surface area contributed by atoms with Gasteiger partial charge >= 0.3 is 0 Å². The van der Waals surface area contributed by atoms with Crippen molar-refractivity contribution >= 4 is 34.7 Å². The average Bonchev–Trinajstić information content (AvgIpc) is 2.61. The number of carbonyl (C=O) groups excluding carboxylic acids is 1. The Morgan fingerprint density at radius 2 is 2.21 bits per heavy atom. The molecule has 2 atom stereocenters. The normalized spacial score (nSPS) is 24.4. The molecule has 3 rings (SSSR count). The minimum atomic E-state index is -0.181. The standard InChI is InChI=1S/C17H19ClN2O3S/c1-2-17(21)20-3-4-22-9-14(20)11-5-12(7-13(18)6-11)15-8-19-16(24)10-23-15/h2,5-7,14-15H,1,3-4,8-10H2,(H,19,24)/t14-,15+/m0/s1. The van der Waals surface area contributed by atoms with E-state index in [4.69, 9.17) is 33.3 Å². The van der Waals surface area contributed by atoms with Gasteiger partial charge in [0.1, 0.15) is 11.1 Å². The van der Waals surface area contributed by atoms with Crippen molar-refractivity contribution in [1.82, 2.24) is 10.2 Å². The van der Waals surface area contributed by atoms with Gasteiger partial charge in [-0.3, -0.25) is 4.79 Å². The van der Waals surface area contributed by atoms with Gasteiger partial charge in [-0.15, -0.1) is 0 Å². The fourth-order valence-corrected chi connectivity index (χ4v) is 3.39. The SMILES string of the molecule is C=CC(=O)N1CCOC[C@H]1c1cc(Cl)cc([C@H]2CNC(=S)CO2)c1. The molecule has 0 aliphatic carbocycles. The highest BCUT2D eigenvalue weighted by Crippen LogP contribution is 2.31. The van der Waals surface area contributed by atoms with Gasteiger partial charge in [0.25, 0.3) is 0 Å². The second-order valence-corrected chi connectivity index (χ2v) is 6.68. The zero-order chi connectivity index (χ0) is 17.1. The summed E-state index contributed by atoms with van der Waals surface area (Å²) in [7, 11) is 0. The number of thiocarbonyl (C=S) groups is 1. The van der Waals surface area contributed by atoms with Crippen LogP contribution in [0.1, 0.15) is 23.3 Å². The van der Waals surface area contributed by atoms with Crippen molar-refractivity contribution in [2.24, 2.45) is 0 Å². The fraction of sp³-hybridized carbons (Fsp3) is 0.412. The molecule has 1 amide bonds. The van der Waals surface area contributed by atoms with Crippen LogP contribution in [0.3, 0.4) is 0 Å². The first-order valence-electron chi connectivity index (χ1n) is 7.78. The molecule has 0 bridgehead atoms. The van der Waals surface area contributed by atoms with Crippen LogP contribution in [0.2, 0.25) is 5.02 Å². The third-order valence-electron chi connectivity index (χ3n) is 4.19. The topological polar surface area (TPSA) is 50.8 Å². The van der Waals surface area contributed by atoms with Crippen molar-refractivity contribution in [3.8, 4) is 0 Å². The van der Waals surface area contributed by atoms with E-state index in [-0.39, 0.29) is 18.1 Å². The van der Waals surface area contributed by atoms with Crippen molar-refractivity contribution in [1.29, 1.82) is 0 Å². The fourth-order valence-electron chi connectivity index (χ4n) is 2.98. The van der Waals surface area contributed by atoms with Crippen molar-refractivity contribution in [3.63, 3.8) is 0 Å². The molecule has 2 saturated heterocycles. The molecule has 7 heteroatoms.